The van der Waals surface area contributed by atoms with Crippen LogP contribution >= 0.6 is 0 Å². The third-order valence-electron chi connectivity index (χ3n) is 4.95. The molecule has 0 aliphatic rings. The Kier molecular flexibility index (Phi) is 6.44. The van der Waals surface area contributed by atoms with Crippen molar-refractivity contribution < 1.29 is 18.0 Å². The summed E-state index contributed by atoms with van der Waals surface area (Å²) in [6.45, 7) is 4.04. The summed E-state index contributed by atoms with van der Waals surface area (Å²) in [6, 6.07) is 6.91. The number of alkyl halides is 2. The SMILES string of the molecule is Cc1ccnc(-c2cc(C(C)c3cc(F)cc(C(F)F)c3)ncn2)c1CN(C)C=O. The van der Waals surface area contributed by atoms with Crippen LogP contribution in [0.2, 0.25) is 0 Å². The van der Waals surface area contributed by atoms with Gasteiger partial charge in [0.25, 0.3) is 6.43 Å². The number of hydrogen-bond acceptors (Lipinski definition) is 4. The summed E-state index contributed by atoms with van der Waals surface area (Å²) < 4.78 is 40.0. The van der Waals surface area contributed by atoms with E-state index in [1.165, 1.54) is 23.4 Å². The van der Waals surface area contributed by atoms with Crippen molar-refractivity contribution >= 4 is 6.41 Å². The summed E-state index contributed by atoms with van der Waals surface area (Å²) in [4.78, 5) is 25.6. The van der Waals surface area contributed by atoms with Gasteiger partial charge in [0.1, 0.15) is 12.1 Å². The fourth-order valence-corrected chi connectivity index (χ4v) is 3.22. The molecule has 1 unspecified atom stereocenters. The van der Waals surface area contributed by atoms with E-state index in [1.807, 2.05) is 13.0 Å². The summed E-state index contributed by atoms with van der Waals surface area (Å²) >= 11 is 0. The Hall–Kier alpha value is -3.29. The van der Waals surface area contributed by atoms with Crippen LogP contribution in [0.3, 0.4) is 0 Å². The van der Waals surface area contributed by atoms with Gasteiger partial charge in [-0.25, -0.2) is 23.1 Å². The second-order valence-corrected chi connectivity index (χ2v) is 7.14. The van der Waals surface area contributed by atoms with Crippen molar-refractivity contribution in [1.82, 2.24) is 19.9 Å². The lowest BCUT2D eigenvalue weighted by Crippen LogP contribution is -2.17. The van der Waals surface area contributed by atoms with Gasteiger partial charge in [-0.15, -0.1) is 0 Å². The van der Waals surface area contributed by atoms with E-state index in [9.17, 15) is 18.0 Å². The number of aromatic nitrogens is 3. The molecule has 0 saturated carbocycles. The number of halogens is 3. The fourth-order valence-electron chi connectivity index (χ4n) is 3.22. The Morgan fingerprint density at radius 1 is 1.10 bits per heavy atom. The highest BCUT2D eigenvalue weighted by Crippen LogP contribution is 2.30. The van der Waals surface area contributed by atoms with Crippen LogP contribution in [0.15, 0.2) is 42.9 Å². The molecule has 0 saturated heterocycles. The first kappa shape index (κ1) is 21.4. The number of pyridine rings is 1. The van der Waals surface area contributed by atoms with E-state index in [0.717, 1.165) is 23.6 Å². The highest BCUT2D eigenvalue weighted by Gasteiger charge is 2.18. The Labute approximate surface area is 172 Å². The molecule has 0 N–H and O–H groups in total. The minimum absolute atomic E-state index is 0.356. The van der Waals surface area contributed by atoms with Gasteiger partial charge in [0, 0.05) is 36.8 Å². The number of benzene rings is 1. The molecule has 3 rings (SSSR count). The number of amides is 1. The lowest BCUT2D eigenvalue weighted by Gasteiger charge is -2.17. The van der Waals surface area contributed by atoms with Crippen molar-refractivity contribution in [2.45, 2.75) is 32.7 Å². The average molecular weight is 414 g/mol. The summed E-state index contributed by atoms with van der Waals surface area (Å²) in [5.41, 5.74) is 3.51. The molecular formula is C22H21F3N4O. The van der Waals surface area contributed by atoms with Crippen LogP contribution in [0.5, 0.6) is 0 Å². The van der Waals surface area contributed by atoms with Gasteiger partial charge in [-0.3, -0.25) is 9.78 Å². The molecule has 0 aliphatic carbocycles. The molecule has 0 bridgehead atoms. The van der Waals surface area contributed by atoms with Gasteiger partial charge in [-0.1, -0.05) is 6.92 Å². The molecule has 5 nitrogen and oxygen atoms in total. The van der Waals surface area contributed by atoms with Crippen molar-refractivity contribution in [3.63, 3.8) is 0 Å². The van der Waals surface area contributed by atoms with Crippen LogP contribution in [-0.4, -0.2) is 33.3 Å². The predicted octanol–water partition coefficient (Wildman–Crippen LogP) is 4.66. The minimum Gasteiger partial charge on any atom is -0.344 e. The lowest BCUT2D eigenvalue weighted by molar-refractivity contribution is -0.117. The second kappa shape index (κ2) is 9.02. The van der Waals surface area contributed by atoms with Crippen LogP contribution in [0.1, 0.15) is 47.2 Å². The smallest absolute Gasteiger partial charge is 0.263 e. The first-order chi connectivity index (χ1) is 14.3. The van der Waals surface area contributed by atoms with Crippen LogP contribution in [-0.2, 0) is 11.3 Å². The van der Waals surface area contributed by atoms with Crippen LogP contribution in [0.4, 0.5) is 13.2 Å². The van der Waals surface area contributed by atoms with E-state index in [-0.39, 0.29) is 5.56 Å². The highest BCUT2D eigenvalue weighted by atomic mass is 19.3. The number of carbonyl (C=O) groups is 1. The molecule has 1 amide bonds. The van der Waals surface area contributed by atoms with Crippen molar-refractivity contribution in [2.75, 3.05) is 7.05 Å². The molecule has 30 heavy (non-hydrogen) atoms. The molecule has 2 heterocycles. The topological polar surface area (TPSA) is 59.0 Å². The predicted molar refractivity (Wildman–Crippen MR) is 106 cm³/mol. The van der Waals surface area contributed by atoms with Gasteiger partial charge in [-0.2, -0.15) is 0 Å². The van der Waals surface area contributed by atoms with E-state index in [1.54, 1.807) is 26.2 Å². The number of hydrogen-bond donors (Lipinski definition) is 0. The Balaban J connectivity index is 2.02. The van der Waals surface area contributed by atoms with Crippen molar-refractivity contribution in [3.8, 4) is 11.4 Å². The summed E-state index contributed by atoms with van der Waals surface area (Å²) in [6.07, 6.45) is 0.989. The van der Waals surface area contributed by atoms with Gasteiger partial charge in [0.05, 0.1) is 17.1 Å². The van der Waals surface area contributed by atoms with Gasteiger partial charge >= 0.3 is 0 Å². The molecule has 0 spiro atoms. The molecule has 2 aromatic heterocycles. The summed E-state index contributed by atoms with van der Waals surface area (Å²) in [7, 11) is 1.67. The highest BCUT2D eigenvalue weighted by molar-refractivity contribution is 5.62. The molecule has 156 valence electrons. The maximum Gasteiger partial charge on any atom is 0.263 e. The van der Waals surface area contributed by atoms with E-state index >= 15 is 0 Å². The largest absolute Gasteiger partial charge is 0.344 e. The quantitative estimate of drug-likeness (QED) is 0.528. The Bertz CT molecular complexity index is 1060. The van der Waals surface area contributed by atoms with E-state index in [0.29, 0.717) is 29.2 Å². The first-order valence-corrected chi connectivity index (χ1v) is 9.31. The molecule has 0 aliphatic heterocycles. The fraction of sp³-hybridized carbons (Fsp3) is 0.273. The van der Waals surface area contributed by atoms with Gasteiger partial charge in [-0.05, 0) is 48.4 Å². The summed E-state index contributed by atoms with van der Waals surface area (Å²) in [5.74, 6) is -1.16. The normalized spacial score (nSPS) is 12.1. The third kappa shape index (κ3) is 4.64. The molecule has 3 aromatic rings. The maximum absolute atomic E-state index is 13.9. The zero-order valence-electron chi connectivity index (χ0n) is 16.8. The van der Waals surface area contributed by atoms with Crippen molar-refractivity contribution in [2.24, 2.45) is 0 Å². The van der Waals surface area contributed by atoms with Crippen LogP contribution in [0.25, 0.3) is 11.4 Å². The third-order valence-corrected chi connectivity index (χ3v) is 4.95. The molecule has 0 radical (unpaired) electrons. The average Bonchev–Trinajstić information content (AvgIpc) is 2.74. The van der Waals surface area contributed by atoms with Crippen LogP contribution in [0, 0.1) is 12.7 Å². The second-order valence-electron chi connectivity index (χ2n) is 7.14. The van der Waals surface area contributed by atoms with Crippen molar-refractivity contribution in [1.29, 1.82) is 0 Å². The zero-order valence-corrected chi connectivity index (χ0v) is 16.8. The zero-order chi connectivity index (χ0) is 21.8. The number of aryl methyl sites for hydroxylation is 1. The molecule has 0 fully saturated rings. The molecular weight excluding hydrogens is 393 g/mol. The van der Waals surface area contributed by atoms with Gasteiger partial charge < -0.3 is 4.90 Å². The number of carbonyl (C=O) groups excluding carboxylic acids is 1. The Morgan fingerprint density at radius 2 is 1.83 bits per heavy atom. The van der Waals surface area contributed by atoms with Gasteiger partial charge in [0.15, 0.2) is 0 Å². The van der Waals surface area contributed by atoms with Crippen molar-refractivity contribution in [3.05, 3.63) is 76.6 Å². The monoisotopic (exact) mass is 414 g/mol. The molecule has 1 aromatic carbocycles. The van der Waals surface area contributed by atoms with Crippen LogP contribution < -0.4 is 0 Å². The lowest BCUT2D eigenvalue weighted by atomic mass is 9.94. The maximum atomic E-state index is 13.9. The number of rotatable bonds is 7. The molecule has 1 atom stereocenters. The minimum atomic E-state index is -2.76. The molecule has 8 heteroatoms. The number of nitrogens with zero attached hydrogens (tertiary/aromatic N) is 4. The first-order valence-electron chi connectivity index (χ1n) is 9.31. The van der Waals surface area contributed by atoms with E-state index in [2.05, 4.69) is 15.0 Å². The van der Waals surface area contributed by atoms with Gasteiger partial charge in [0.2, 0.25) is 6.41 Å². The van der Waals surface area contributed by atoms with E-state index < -0.39 is 18.2 Å². The Morgan fingerprint density at radius 3 is 2.53 bits per heavy atom. The standard InChI is InChI=1S/C22H21F3N4O/c1-13-4-5-26-21(18(13)10-29(3)12-30)20-9-19(27-11-28-20)14(2)15-6-16(22(24)25)8-17(23)7-15/h4-9,11-12,14,22H,10H2,1-3H3. The van der Waals surface area contributed by atoms with E-state index in [4.69, 9.17) is 0 Å². The summed E-state index contributed by atoms with van der Waals surface area (Å²) in [5, 5.41) is 0.